The lowest BCUT2D eigenvalue weighted by Gasteiger charge is -2.15. The van der Waals surface area contributed by atoms with Crippen LogP contribution in [-0.4, -0.2) is 38.0 Å². The Morgan fingerprint density at radius 1 is 1.53 bits per heavy atom. The summed E-state index contributed by atoms with van der Waals surface area (Å²) in [6.45, 7) is 0.273. The molecular weight excluding hydrogens is 225 g/mol. The van der Waals surface area contributed by atoms with E-state index in [1.807, 2.05) is 0 Å². The molecule has 2 aromatic heterocycles. The molecule has 0 bridgehead atoms. The maximum absolute atomic E-state index is 12.9. The topological polar surface area (TPSA) is 74.8 Å². The molecule has 0 aromatic carbocycles. The number of rotatable bonds is 3. The first-order valence-corrected chi connectivity index (χ1v) is 4.87. The molecule has 0 fully saturated rings. The predicted molar refractivity (Wildman–Crippen MR) is 56.4 cm³/mol. The smallest absolute Gasteiger partial charge is 0.255 e. The number of halogens is 1. The predicted octanol–water partition coefficient (Wildman–Crippen LogP) is 0.611. The monoisotopic (exact) mass is 235 g/mol. The summed E-state index contributed by atoms with van der Waals surface area (Å²) in [5.41, 5.74) is 0.201. The minimum atomic E-state index is -0.538. The van der Waals surface area contributed by atoms with Crippen molar-refractivity contribution in [2.75, 3.05) is 7.05 Å². The number of carbonyl (C=O) groups is 1. The Kier molecular flexibility index (Phi) is 3.08. The first kappa shape index (κ1) is 11.2. The number of aromatic amines is 1. The second-order valence-corrected chi connectivity index (χ2v) is 3.49. The van der Waals surface area contributed by atoms with Gasteiger partial charge in [0.2, 0.25) is 0 Å². The molecule has 0 radical (unpaired) electrons. The molecule has 1 amide bonds. The molecule has 0 aliphatic rings. The zero-order valence-corrected chi connectivity index (χ0v) is 9.09. The molecule has 7 heteroatoms. The van der Waals surface area contributed by atoms with E-state index in [4.69, 9.17) is 0 Å². The Balaban J connectivity index is 2.09. The largest absolute Gasteiger partial charge is 0.334 e. The lowest BCUT2D eigenvalue weighted by molar-refractivity contribution is 0.0780. The van der Waals surface area contributed by atoms with Crippen molar-refractivity contribution in [2.45, 2.75) is 6.54 Å². The van der Waals surface area contributed by atoms with Crippen molar-refractivity contribution < 1.29 is 9.18 Å². The second kappa shape index (κ2) is 4.69. The molecule has 6 nitrogen and oxygen atoms in total. The summed E-state index contributed by atoms with van der Waals surface area (Å²) < 4.78 is 12.9. The Bertz CT molecular complexity index is 513. The van der Waals surface area contributed by atoms with Gasteiger partial charge in [-0.05, 0) is 6.07 Å². The van der Waals surface area contributed by atoms with Crippen LogP contribution < -0.4 is 0 Å². The summed E-state index contributed by atoms with van der Waals surface area (Å²) in [5.74, 6) is -0.303. The molecule has 2 aromatic rings. The van der Waals surface area contributed by atoms with Crippen LogP contribution in [0, 0.1) is 5.82 Å². The average Bonchev–Trinajstić information content (AvgIpc) is 2.80. The van der Waals surface area contributed by atoms with Crippen molar-refractivity contribution in [3.05, 3.63) is 42.0 Å². The molecular formula is C10H10FN5O. The summed E-state index contributed by atoms with van der Waals surface area (Å²) in [7, 11) is 1.59. The van der Waals surface area contributed by atoms with E-state index in [0.717, 1.165) is 12.3 Å². The van der Waals surface area contributed by atoms with Crippen LogP contribution in [0.2, 0.25) is 0 Å². The summed E-state index contributed by atoms with van der Waals surface area (Å²) in [6, 6.07) is 1.15. The van der Waals surface area contributed by atoms with E-state index in [9.17, 15) is 9.18 Å². The van der Waals surface area contributed by atoms with Gasteiger partial charge in [-0.2, -0.15) is 5.10 Å². The average molecular weight is 235 g/mol. The minimum absolute atomic E-state index is 0.201. The maximum Gasteiger partial charge on any atom is 0.255 e. The highest BCUT2D eigenvalue weighted by atomic mass is 19.1. The number of nitrogens with one attached hydrogen (secondary N) is 1. The molecule has 0 spiro atoms. The van der Waals surface area contributed by atoms with Gasteiger partial charge in [0.15, 0.2) is 0 Å². The molecule has 0 atom stereocenters. The summed E-state index contributed by atoms with van der Waals surface area (Å²) >= 11 is 0. The SMILES string of the molecule is CN(Cc1ncn[nH]1)C(=O)c1cncc(F)c1. The molecule has 0 saturated carbocycles. The number of H-pyrrole nitrogens is 1. The number of aromatic nitrogens is 4. The number of pyridine rings is 1. The van der Waals surface area contributed by atoms with Gasteiger partial charge in [-0.15, -0.1) is 0 Å². The first-order valence-electron chi connectivity index (χ1n) is 4.87. The fourth-order valence-corrected chi connectivity index (χ4v) is 1.35. The Labute approximate surface area is 96.5 Å². The van der Waals surface area contributed by atoms with E-state index in [2.05, 4.69) is 20.2 Å². The van der Waals surface area contributed by atoms with E-state index in [1.54, 1.807) is 7.05 Å². The fourth-order valence-electron chi connectivity index (χ4n) is 1.35. The van der Waals surface area contributed by atoms with Gasteiger partial charge in [-0.1, -0.05) is 0 Å². The summed E-state index contributed by atoms with van der Waals surface area (Å²) in [5, 5.41) is 6.32. The van der Waals surface area contributed by atoms with E-state index in [0.29, 0.717) is 5.82 Å². The zero-order valence-electron chi connectivity index (χ0n) is 9.09. The van der Waals surface area contributed by atoms with E-state index < -0.39 is 5.82 Å². The molecule has 0 aliphatic carbocycles. The van der Waals surface area contributed by atoms with Gasteiger partial charge in [0.05, 0.1) is 18.3 Å². The number of hydrogen-bond donors (Lipinski definition) is 1. The standard InChI is InChI=1S/C10H10FN5O/c1-16(5-9-13-6-14-15-9)10(17)7-2-8(11)4-12-3-7/h2-4,6H,5H2,1H3,(H,13,14,15). The van der Waals surface area contributed by atoms with Crippen molar-refractivity contribution in [3.8, 4) is 0 Å². The van der Waals surface area contributed by atoms with Crippen molar-refractivity contribution in [1.82, 2.24) is 25.1 Å². The number of amides is 1. The summed E-state index contributed by atoms with van der Waals surface area (Å²) in [4.78, 5) is 20.8. The molecule has 2 heterocycles. The lowest BCUT2D eigenvalue weighted by atomic mass is 10.2. The molecule has 88 valence electrons. The van der Waals surface area contributed by atoms with Crippen LogP contribution in [0.15, 0.2) is 24.8 Å². The summed E-state index contributed by atoms with van der Waals surface area (Å²) in [6.07, 6.45) is 3.73. The van der Waals surface area contributed by atoms with Gasteiger partial charge in [0, 0.05) is 13.2 Å². The molecule has 0 saturated heterocycles. The van der Waals surface area contributed by atoms with Gasteiger partial charge in [0.1, 0.15) is 18.0 Å². The minimum Gasteiger partial charge on any atom is -0.334 e. The van der Waals surface area contributed by atoms with Crippen LogP contribution in [0.3, 0.4) is 0 Å². The Morgan fingerprint density at radius 3 is 3.00 bits per heavy atom. The fraction of sp³-hybridized carbons (Fsp3) is 0.200. The lowest BCUT2D eigenvalue weighted by Crippen LogP contribution is -2.26. The normalized spacial score (nSPS) is 10.2. The maximum atomic E-state index is 12.9. The van der Waals surface area contributed by atoms with Crippen LogP contribution in [0.25, 0.3) is 0 Å². The number of carbonyl (C=O) groups excluding carboxylic acids is 1. The van der Waals surface area contributed by atoms with Crippen LogP contribution in [0.1, 0.15) is 16.2 Å². The van der Waals surface area contributed by atoms with Gasteiger partial charge in [-0.3, -0.25) is 14.9 Å². The van der Waals surface area contributed by atoms with Crippen LogP contribution >= 0.6 is 0 Å². The van der Waals surface area contributed by atoms with Gasteiger partial charge >= 0.3 is 0 Å². The van der Waals surface area contributed by atoms with Crippen LogP contribution in [0.5, 0.6) is 0 Å². The third-order valence-corrected chi connectivity index (χ3v) is 2.15. The zero-order chi connectivity index (χ0) is 12.3. The van der Waals surface area contributed by atoms with E-state index >= 15 is 0 Å². The third-order valence-electron chi connectivity index (χ3n) is 2.15. The van der Waals surface area contributed by atoms with Gasteiger partial charge in [0.25, 0.3) is 5.91 Å². The quantitative estimate of drug-likeness (QED) is 0.845. The first-order chi connectivity index (χ1) is 8.16. The molecule has 0 unspecified atom stereocenters. The molecule has 0 aliphatic heterocycles. The third kappa shape index (κ3) is 2.63. The highest BCUT2D eigenvalue weighted by molar-refractivity contribution is 5.93. The molecule has 17 heavy (non-hydrogen) atoms. The number of hydrogen-bond acceptors (Lipinski definition) is 4. The number of nitrogens with zero attached hydrogens (tertiary/aromatic N) is 4. The van der Waals surface area contributed by atoms with Crippen molar-refractivity contribution in [2.24, 2.45) is 0 Å². The van der Waals surface area contributed by atoms with Crippen LogP contribution in [0.4, 0.5) is 4.39 Å². The molecule has 2 rings (SSSR count). The van der Waals surface area contributed by atoms with Crippen LogP contribution in [-0.2, 0) is 6.54 Å². The Morgan fingerprint density at radius 2 is 2.35 bits per heavy atom. The highest BCUT2D eigenvalue weighted by Crippen LogP contribution is 2.06. The molecule has 1 N–H and O–H groups in total. The Hall–Kier alpha value is -2.31. The van der Waals surface area contributed by atoms with Crippen molar-refractivity contribution in [3.63, 3.8) is 0 Å². The highest BCUT2D eigenvalue weighted by Gasteiger charge is 2.14. The van der Waals surface area contributed by atoms with Crippen molar-refractivity contribution in [1.29, 1.82) is 0 Å². The van der Waals surface area contributed by atoms with E-state index in [1.165, 1.54) is 17.4 Å². The second-order valence-electron chi connectivity index (χ2n) is 3.49. The van der Waals surface area contributed by atoms with Gasteiger partial charge < -0.3 is 4.90 Å². The van der Waals surface area contributed by atoms with Crippen molar-refractivity contribution >= 4 is 5.91 Å². The van der Waals surface area contributed by atoms with E-state index in [-0.39, 0.29) is 18.0 Å². The van der Waals surface area contributed by atoms with Gasteiger partial charge in [-0.25, -0.2) is 9.37 Å².